The average Bonchev–Trinajstić information content (AvgIpc) is 2.47. The summed E-state index contributed by atoms with van der Waals surface area (Å²) in [6.45, 7) is 3.12. The number of ether oxygens (including phenoxy) is 1. The summed E-state index contributed by atoms with van der Waals surface area (Å²) in [4.78, 5) is 10.9. The van der Waals surface area contributed by atoms with Gasteiger partial charge in [-0.15, -0.1) is 0 Å². The standard InChI is InChI=1S/C16H16BrNO3/c1-11-5-6-13(17)10-15(11)18-7-8-21-14-4-2-3-12(9-14)16(19)20/h2-6,9-10,18H,7-8H2,1H3,(H,19,20). The summed E-state index contributed by atoms with van der Waals surface area (Å²) in [5.74, 6) is -0.397. The van der Waals surface area contributed by atoms with Crippen molar-refractivity contribution >= 4 is 27.6 Å². The van der Waals surface area contributed by atoms with Crippen molar-refractivity contribution in [2.45, 2.75) is 6.92 Å². The largest absolute Gasteiger partial charge is 0.492 e. The number of carbonyl (C=O) groups is 1. The minimum absolute atomic E-state index is 0.225. The highest BCUT2D eigenvalue weighted by molar-refractivity contribution is 9.10. The minimum Gasteiger partial charge on any atom is -0.492 e. The van der Waals surface area contributed by atoms with Crippen molar-refractivity contribution in [3.8, 4) is 5.75 Å². The van der Waals surface area contributed by atoms with E-state index in [2.05, 4.69) is 21.2 Å². The molecule has 2 rings (SSSR count). The van der Waals surface area contributed by atoms with Gasteiger partial charge in [0.1, 0.15) is 12.4 Å². The molecule has 0 atom stereocenters. The van der Waals surface area contributed by atoms with E-state index in [1.807, 2.05) is 25.1 Å². The Balaban J connectivity index is 1.86. The van der Waals surface area contributed by atoms with Crippen LogP contribution in [0.3, 0.4) is 0 Å². The van der Waals surface area contributed by atoms with Gasteiger partial charge in [0.05, 0.1) is 5.56 Å². The van der Waals surface area contributed by atoms with Crippen molar-refractivity contribution in [3.05, 3.63) is 58.1 Å². The number of aromatic carboxylic acids is 1. The number of halogens is 1. The molecule has 5 heteroatoms. The zero-order valence-electron chi connectivity index (χ0n) is 11.6. The second-order valence-electron chi connectivity index (χ2n) is 4.57. The number of hydrogen-bond acceptors (Lipinski definition) is 3. The van der Waals surface area contributed by atoms with E-state index >= 15 is 0 Å². The van der Waals surface area contributed by atoms with Gasteiger partial charge in [-0.25, -0.2) is 4.79 Å². The molecule has 2 aromatic carbocycles. The second kappa shape index (κ2) is 7.13. The molecule has 0 heterocycles. The van der Waals surface area contributed by atoms with Crippen LogP contribution in [0.15, 0.2) is 46.9 Å². The lowest BCUT2D eigenvalue weighted by atomic mass is 10.2. The highest BCUT2D eigenvalue weighted by Crippen LogP contribution is 2.20. The zero-order valence-corrected chi connectivity index (χ0v) is 13.2. The predicted octanol–water partition coefficient (Wildman–Crippen LogP) is 3.95. The molecule has 0 spiro atoms. The molecule has 0 saturated carbocycles. The van der Waals surface area contributed by atoms with Crippen molar-refractivity contribution in [3.63, 3.8) is 0 Å². The summed E-state index contributed by atoms with van der Waals surface area (Å²) in [7, 11) is 0. The molecule has 0 bridgehead atoms. The molecule has 0 amide bonds. The molecular weight excluding hydrogens is 334 g/mol. The third kappa shape index (κ3) is 4.49. The van der Waals surface area contributed by atoms with Crippen molar-refractivity contribution in [1.29, 1.82) is 0 Å². The first-order chi connectivity index (χ1) is 10.1. The molecule has 0 aromatic heterocycles. The normalized spacial score (nSPS) is 10.2. The first-order valence-corrected chi connectivity index (χ1v) is 7.32. The Bertz CT molecular complexity index is 643. The maximum atomic E-state index is 10.9. The van der Waals surface area contributed by atoms with Crippen LogP contribution in [0.1, 0.15) is 15.9 Å². The zero-order chi connectivity index (χ0) is 15.2. The van der Waals surface area contributed by atoms with E-state index in [1.54, 1.807) is 12.1 Å². The van der Waals surface area contributed by atoms with E-state index in [0.717, 1.165) is 15.7 Å². The van der Waals surface area contributed by atoms with Crippen LogP contribution in [0.25, 0.3) is 0 Å². The molecule has 21 heavy (non-hydrogen) atoms. The predicted molar refractivity (Wildman–Crippen MR) is 86.3 cm³/mol. The first-order valence-electron chi connectivity index (χ1n) is 6.52. The van der Waals surface area contributed by atoms with Gasteiger partial charge in [0, 0.05) is 16.7 Å². The van der Waals surface area contributed by atoms with Gasteiger partial charge in [-0.1, -0.05) is 28.1 Å². The lowest BCUT2D eigenvalue weighted by Gasteiger charge is -2.11. The molecule has 0 radical (unpaired) electrons. The molecular formula is C16H16BrNO3. The quantitative estimate of drug-likeness (QED) is 0.775. The molecule has 0 fully saturated rings. The highest BCUT2D eigenvalue weighted by atomic mass is 79.9. The molecule has 2 N–H and O–H groups in total. The van der Waals surface area contributed by atoms with Crippen molar-refractivity contribution in [1.82, 2.24) is 0 Å². The van der Waals surface area contributed by atoms with Crippen LogP contribution in [-0.4, -0.2) is 24.2 Å². The fourth-order valence-electron chi connectivity index (χ4n) is 1.86. The Hall–Kier alpha value is -2.01. The SMILES string of the molecule is Cc1ccc(Br)cc1NCCOc1cccc(C(=O)O)c1. The van der Waals surface area contributed by atoms with Crippen LogP contribution in [0.2, 0.25) is 0 Å². The maximum Gasteiger partial charge on any atom is 0.335 e. The van der Waals surface area contributed by atoms with E-state index < -0.39 is 5.97 Å². The second-order valence-corrected chi connectivity index (χ2v) is 5.48. The van der Waals surface area contributed by atoms with E-state index in [1.165, 1.54) is 12.1 Å². The van der Waals surface area contributed by atoms with E-state index in [9.17, 15) is 4.79 Å². The highest BCUT2D eigenvalue weighted by Gasteiger charge is 2.04. The molecule has 110 valence electrons. The third-order valence-electron chi connectivity index (χ3n) is 2.97. The Morgan fingerprint density at radius 3 is 2.86 bits per heavy atom. The topological polar surface area (TPSA) is 58.6 Å². The Kier molecular flexibility index (Phi) is 5.22. The third-order valence-corrected chi connectivity index (χ3v) is 3.46. The van der Waals surface area contributed by atoms with Gasteiger partial charge in [-0.2, -0.15) is 0 Å². The fourth-order valence-corrected chi connectivity index (χ4v) is 2.22. The number of rotatable bonds is 6. The van der Waals surface area contributed by atoms with Crippen LogP contribution in [0.5, 0.6) is 5.75 Å². The molecule has 2 aromatic rings. The molecule has 0 unspecified atom stereocenters. The van der Waals surface area contributed by atoms with Crippen molar-refractivity contribution in [2.24, 2.45) is 0 Å². The number of aryl methyl sites for hydroxylation is 1. The Labute approximate surface area is 131 Å². The number of nitrogens with one attached hydrogen (secondary N) is 1. The van der Waals surface area contributed by atoms with Gasteiger partial charge >= 0.3 is 5.97 Å². The van der Waals surface area contributed by atoms with Gasteiger partial charge in [0.25, 0.3) is 0 Å². The molecule has 0 aliphatic heterocycles. The lowest BCUT2D eigenvalue weighted by molar-refractivity contribution is 0.0696. The summed E-state index contributed by atoms with van der Waals surface area (Å²) >= 11 is 3.44. The van der Waals surface area contributed by atoms with Gasteiger partial charge in [0.2, 0.25) is 0 Å². The van der Waals surface area contributed by atoms with Gasteiger partial charge < -0.3 is 15.2 Å². The van der Waals surface area contributed by atoms with Crippen molar-refractivity contribution < 1.29 is 14.6 Å². The van der Waals surface area contributed by atoms with Crippen molar-refractivity contribution in [2.75, 3.05) is 18.5 Å². The van der Waals surface area contributed by atoms with Crippen LogP contribution < -0.4 is 10.1 Å². The summed E-state index contributed by atoms with van der Waals surface area (Å²) in [6, 6.07) is 12.5. The van der Waals surface area contributed by atoms with Gasteiger partial charge in [0.15, 0.2) is 0 Å². The summed E-state index contributed by atoms with van der Waals surface area (Å²) in [5, 5.41) is 12.2. The fraction of sp³-hybridized carbons (Fsp3) is 0.188. The number of benzene rings is 2. The average molecular weight is 350 g/mol. The summed E-state index contributed by atoms with van der Waals surface area (Å²) < 4.78 is 6.57. The minimum atomic E-state index is -0.955. The number of carboxylic acid groups (broad SMARTS) is 1. The number of hydrogen-bond donors (Lipinski definition) is 2. The van der Waals surface area contributed by atoms with E-state index in [0.29, 0.717) is 18.9 Å². The maximum absolute atomic E-state index is 10.9. The van der Waals surface area contributed by atoms with Gasteiger partial charge in [-0.05, 0) is 42.8 Å². The van der Waals surface area contributed by atoms with Crippen LogP contribution in [-0.2, 0) is 0 Å². The van der Waals surface area contributed by atoms with Gasteiger partial charge in [-0.3, -0.25) is 0 Å². The van der Waals surface area contributed by atoms with E-state index in [4.69, 9.17) is 9.84 Å². The van der Waals surface area contributed by atoms with E-state index in [-0.39, 0.29) is 5.56 Å². The Morgan fingerprint density at radius 2 is 2.10 bits per heavy atom. The smallest absolute Gasteiger partial charge is 0.335 e. The molecule has 0 aliphatic rings. The summed E-state index contributed by atoms with van der Waals surface area (Å²) in [5.41, 5.74) is 2.43. The lowest BCUT2D eigenvalue weighted by Crippen LogP contribution is -2.12. The van der Waals surface area contributed by atoms with Crippen LogP contribution >= 0.6 is 15.9 Å². The van der Waals surface area contributed by atoms with Crippen LogP contribution in [0, 0.1) is 6.92 Å². The molecule has 4 nitrogen and oxygen atoms in total. The molecule has 0 saturated heterocycles. The first kappa shape index (κ1) is 15.4. The number of carboxylic acids is 1. The van der Waals surface area contributed by atoms with Crippen LogP contribution in [0.4, 0.5) is 5.69 Å². The summed E-state index contributed by atoms with van der Waals surface area (Å²) in [6.07, 6.45) is 0. The molecule has 0 aliphatic carbocycles. The number of anilines is 1. The monoisotopic (exact) mass is 349 g/mol. The Morgan fingerprint density at radius 1 is 1.29 bits per heavy atom.